The molecule has 0 radical (unpaired) electrons. The van der Waals surface area contributed by atoms with Crippen LogP contribution in [-0.2, 0) is 0 Å². The molecule has 20 heavy (non-hydrogen) atoms. The van der Waals surface area contributed by atoms with Crippen molar-refractivity contribution >= 4 is 44.9 Å². The highest BCUT2D eigenvalue weighted by Gasteiger charge is 2.11. The number of carbonyl (C=O) groups is 1. The number of carbonyl (C=O) groups excluding carboxylic acids is 1. The maximum absolute atomic E-state index is 12.1. The van der Waals surface area contributed by atoms with Gasteiger partial charge in [0.2, 0.25) is 0 Å². The number of hydrogen-bond donors (Lipinski definition) is 2. The molecule has 0 aliphatic heterocycles. The zero-order valence-corrected chi connectivity index (χ0v) is 12.4. The molecule has 0 fully saturated rings. The Morgan fingerprint density at radius 2 is 2.15 bits per heavy atom. The standard InChI is InChI=1S/C13H8BrClN4O/c14-9-3-7(6-16)1-2-10(9)18-13(20)8-4-11(15)19-12(17)5-8/h1-5H,(H2,17,19)(H,18,20). The third kappa shape index (κ3) is 3.26. The summed E-state index contributed by atoms with van der Waals surface area (Å²) in [5.74, 6) is -0.201. The second-order valence-electron chi connectivity index (χ2n) is 3.86. The monoisotopic (exact) mass is 350 g/mol. The Hall–Kier alpha value is -2.10. The number of benzene rings is 1. The van der Waals surface area contributed by atoms with Crippen LogP contribution in [0.15, 0.2) is 34.8 Å². The van der Waals surface area contributed by atoms with E-state index in [4.69, 9.17) is 22.6 Å². The second kappa shape index (κ2) is 5.90. The fourth-order valence-corrected chi connectivity index (χ4v) is 2.22. The van der Waals surface area contributed by atoms with Gasteiger partial charge in [-0.3, -0.25) is 4.79 Å². The largest absolute Gasteiger partial charge is 0.384 e. The highest BCUT2D eigenvalue weighted by Crippen LogP contribution is 2.24. The van der Waals surface area contributed by atoms with Crippen molar-refractivity contribution in [2.75, 3.05) is 11.1 Å². The van der Waals surface area contributed by atoms with Crippen LogP contribution in [0, 0.1) is 11.3 Å². The van der Waals surface area contributed by atoms with Crippen molar-refractivity contribution in [3.05, 3.63) is 51.1 Å². The first kappa shape index (κ1) is 14.3. The molecule has 1 heterocycles. The summed E-state index contributed by atoms with van der Waals surface area (Å²) in [6.07, 6.45) is 0. The van der Waals surface area contributed by atoms with Crippen LogP contribution in [-0.4, -0.2) is 10.9 Å². The predicted octanol–water partition coefficient (Wildman–Crippen LogP) is 3.20. The SMILES string of the molecule is N#Cc1ccc(NC(=O)c2cc(N)nc(Cl)c2)c(Br)c1. The molecule has 1 aromatic carbocycles. The van der Waals surface area contributed by atoms with Crippen LogP contribution in [0.3, 0.4) is 0 Å². The summed E-state index contributed by atoms with van der Waals surface area (Å²) < 4.78 is 0.609. The Labute approximate surface area is 128 Å². The predicted molar refractivity (Wildman–Crippen MR) is 80.5 cm³/mol. The van der Waals surface area contributed by atoms with Crippen molar-refractivity contribution in [2.45, 2.75) is 0 Å². The van der Waals surface area contributed by atoms with Gasteiger partial charge in [-0.1, -0.05) is 11.6 Å². The van der Waals surface area contributed by atoms with E-state index in [2.05, 4.69) is 26.2 Å². The maximum atomic E-state index is 12.1. The summed E-state index contributed by atoms with van der Waals surface area (Å²) >= 11 is 9.04. The number of nitrogens with two attached hydrogens (primary N) is 1. The molecule has 0 aliphatic rings. The van der Waals surface area contributed by atoms with Gasteiger partial charge < -0.3 is 11.1 Å². The number of aromatic nitrogens is 1. The highest BCUT2D eigenvalue weighted by molar-refractivity contribution is 9.10. The molecule has 100 valence electrons. The number of halogens is 2. The number of hydrogen-bond acceptors (Lipinski definition) is 4. The van der Waals surface area contributed by atoms with E-state index in [1.54, 1.807) is 18.2 Å². The van der Waals surface area contributed by atoms with Crippen molar-refractivity contribution in [3.8, 4) is 6.07 Å². The minimum Gasteiger partial charge on any atom is -0.384 e. The molecular weight excluding hydrogens is 344 g/mol. The molecule has 0 saturated carbocycles. The molecule has 0 aliphatic carbocycles. The number of anilines is 2. The van der Waals surface area contributed by atoms with Gasteiger partial charge in [0.15, 0.2) is 0 Å². The zero-order valence-electron chi connectivity index (χ0n) is 10.0. The zero-order chi connectivity index (χ0) is 14.7. The van der Waals surface area contributed by atoms with Crippen molar-refractivity contribution in [1.29, 1.82) is 5.26 Å². The van der Waals surface area contributed by atoms with Crippen LogP contribution in [0.4, 0.5) is 11.5 Å². The number of rotatable bonds is 2. The highest BCUT2D eigenvalue weighted by atomic mass is 79.9. The smallest absolute Gasteiger partial charge is 0.255 e. The summed E-state index contributed by atoms with van der Waals surface area (Å²) in [7, 11) is 0. The summed E-state index contributed by atoms with van der Waals surface area (Å²) in [6.45, 7) is 0. The molecule has 3 N–H and O–H groups in total. The van der Waals surface area contributed by atoms with Gasteiger partial charge in [0.25, 0.3) is 5.91 Å². The molecule has 0 atom stereocenters. The normalized spacial score (nSPS) is 9.85. The topological polar surface area (TPSA) is 91.8 Å². The van der Waals surface area contributed by atoms with Gasteiger partial charge in [-0.2, -0.15) is 5.26 Å². The van der Waals surface area contributed by atoms with Crippen LogP contribution < -0.4 is 11.1 Å². The van der Waals surface area contributed by atoms with E-state index in [1.165, 1.54) is 12.1 Å². The van der Waals surface area contributed by atoms with Crippen LogP contribution in [0.1, 0.15) is 15.9 Å². The van der Waals surface area contributed by atoms with Crippen LogP contribution in [0.25, 0.3) is 0 Å². The van der Waals surface area contributed by atoms with Crippen molar-refractivity contribution < 1.29 is 4.79 Å². The molecule has 1 aromatic heterocycles. The lowest BCUT2D eigenvalue weighted by atomic mass is 10.2. The third-order valence-electron chi connectivity index (χ3n) is 2.42. The first-order chi connectivity index (χ1) is 9.49. The average molecular weight is 352 g/mol. The van der Waals surface area contributed by atoms with Gasteiger partial charge in [-0.25, -0.2) is 4.98 Å². The number of nitrogen functional groups attached to an aromatic ring is 1. The van der Waals surface area contributed by atoms with Gasteiger partial charge in [-0.05, 0) is 46.3 Å². The van der Waals surface area contributed by atoms with Crippen molar-refractivity contribution in [3.63, 3.8) is 0 Å². The molecule has 7 heteroatoms. The summed E-state index contributed by atoms with van der Waals surface area (Å²) in [5, 5.41) is 11.6. The molecule has 2 aromatic rings. The lowest BCUT2D eigenvalue weighted by Gasteiger charge is -2.08. The molecule has 0 spiro atoms. The van der Waals surface area contributed by atoms with Gasteiger partial charge >= 0.3 is 0 Å². The number of amides is 1. The summed E-state index contributed by atoms with van der Waals surface area (Å²) in [4.78, 5) is 15.9. The molecule has 0 bridgehead atoms. The Bertz CT molecular complexity index is 707. The van der Waals surface area contributed by atoms with E-state index in [1.807, 2.05) is 6.07 Å². The fraction of sp³-hybridized carbons (Fsp3) is 0. The lowest BCUT2D eigenvalue weighted by Crippen LogP contribution is -2.13. The fourth-order valence-electron chi connectivity index (χ4n) is 1.53. The average Bonchev–Trinajstić information content (AvgIpc) is 2.39. The minimum atomic E-state index is -0.369. The van der Waals surface area contributed by atoms with Crippen molar-refractivity contribution in [2.24, 2.45) is 0 Å². The molecule has 0 unspecified atom stereocenters. The molecule has 0 saturated heterocycles. The molecule has 5 nitrogen and oxygen atoms in total. The van der Waals surface area contributed by atoms with Gasteiger partial charge in [0.1, 0.15) is 11.0 Å². The molecule has 2 rings (SSSR count). The van der Waals surface area contributed by atoms with Crippen LogP contribution >= 0.6 is 27.5 Å². The molecular formula is C13H8BrClN4O. The van der Waals surface area contributed by atoms with E-state index >= 15 is 0 Å². The number of nitrogens with zero attached hydrogens (tertiary/aromatic N) is 2. The van der Waals surface area contributed by atoms with E-state index in [0.717, 1.165) is 0 Å². The minimum absolute atomic E-state index is 0.147. The Balaban J connectivity index is 2.26. The van der Waals surface area contributed by atoms with E-state index < -0.39 is 0 Å². The number of pyridine rings is 1. The Morgan fingerprint density at radius 3 is 2.75 bits per heavy atom. The molecule has 1 amide bonds. The Morgan fingerprint density at radius 1 is 1.40 bits per heavy atom. The van der Waals surface area contributed by atoms with Crippen LogP contribution in [0.2, 0.25) is 5.15 Å². The summed E-state index contributed by atoms with van der Waals surface area (Å²) in [5.41, 5.74) is 6.88. The van der Waals surface area contributed by atoms with E-state index in [9.17, 15) is 4.79 Å². The first-order valence-electron chi connectivity index (χ1n) is 5.43. The Kier molecular flexibility index (Phi) is 4.23. The maximum Gasteiger partial charge on any atom is 0.255 e. The number of nitriles is 1. The third-order valence-corrected chi connectivity index (χ3v) is 3.27. The number of nitrogens with one attached hydrogen (secondary N) is 1. The van der Waals surface area contributed by atoms with E-state index in [-0.39, 0.29) is 16.9 Å². The first-order valence-corrected chi connectivity index (χ1v) is 6.61. The summed E-state index contributed by atoms with van der Waals surface area (Å²) in [6, 6.07) is 9.71. The van der Waals surface area contributed by atoms with E-state index in [0.29, 0.717) is 21.3 Å². The van der Waals surface area contributed by atoms with Gasteiger partial charge in [-0.15, -0.1) is 0 Å². The van der Waals surface area contributed by atoms with Gasteiger partial charge in [0, 0.05) is 10.0 Å². The second-order valence-corrected chi connectivity index (χ2v) is 5.11. The quantitative estimate of drug-likeness (QED) is 0.813. The lowest BCUT2D eigenvalue weighted by molar-refractivity contribution is 0.102. The van der Waals surface area contributed by atoms with Crippen molar-refractivity contribution in [1.82, 2.24) is 4.98 Å². The van der Waals surface area contributed by atoms with Gasteiger partial charge in [0.05, 0.1) is 17.3 Å². The van der Waals surface area contributed by atoms with Crippen LogP contribution in [0.5, 0.6) is 0 Å².